The third-order valence-corrected chi connectivity index (χ3v) is 4.55. The number of rotatable bonds is 4. The maximum absolute atomic E-state index is 12.6. The molecular formula is C23H28N2O4. The van der Waals surface area contributed by atoms with Crippen LogP contribution in [0.4, 0.5) is 16.2 Å². The number of carbonyl (C=O) groups is 2. The van der Waals surface area contributed by atoms with Crippen LogP contribution in [0.1, 0.15) is 38.3 Å². The fourth-order valence-electron chi connectivity index (χ4n) is 3.22. The number of para-hydroxylation sites is 1. The largest absolute Gasteiger partial charge is 0.483 e. The first-order valence-electron chi connectivity index (χ1n) is 9.85. The Morgan fingerprint density at radius 1 is 1.14 bits per heavy atom. The van der Waals surface area contributed by atoms with Crippen molar-refractivity contribution in [2.24, 2.45) is 0 Å². The van der Waals surface area contributed by atoms with Crippen LogP contribution < -0.4 is 15.0 Å². The number of fused-ring (bicyclic) bond motifs is 1. The fraction of sp³-hybridized carbons (Fsp3) is 0.391. The van der Waals surface area contributed by atoms with E-state index >= 15 is 0 Å². The standard InChI is InChI=1S/C23H28N2O4/c1-16-8-5-6-10-20(16)28-15-21(26)24-18-12-11-17-9-7-13-25(19(17)14-18)22(27)29-23(2,3)4/h5-6,8,10-12,14H,7,9,13,15H2,1-4H3,(H,24,26). The van der Waals surface area contributed by atoms with Crippen LogP contribution in [0, 0.1) is 6.92 Å². The van der Waals surface area contributed by atoms with Crippen molar-refractivity contribution in [3.63, 3.8) is 0 Å². The summed E-state index contributed by atoms with van der Waals surface area (Å²) in [5, 5.41) is 2.85. The summed E-state index contributed by atoms with van der Waals surface area (Å²) in [4.78, 5) is 26.6. The van der Waals surface area contributed by atoms with Gasteiger partial charge in [-0.1, -0.05) is 24.3 Å². The van der Waals surface area contributed by atoms with Gasteiger partial charge in [0.15, 0.2) is 6.61 Å². The topological polar surface area (TPSA) is 67.9 Å². The van der Waals surface area contributed by atoms with E-state index in [4.69, 9.17) is 9.47 Å². The van der Waals surface area contributed by atoms with E-state index in [1.54, 1.807) is 4.90 Å². The number of nitrogens with zero attached hydrogens (tertiary/aromatic N) is 1. The Bertz CT molecular complexity index is 902. The van der Waals surface area contributed by atoms with Gasteiger partial charge in [-0.3, -0.25) is 9.69 Å². The lowest BCUT2D eigenvalue weighted by molar-refractivity contribution is -0.118. The average Bonchev–Trinajstić information content (AvgIpc) is 2.65. The summed E-state index contributed by atoms with van der Waals surface area (Å²) in [6, 6.07) is 13.2. The molecule has 2 aromatic rings. The minimum atomic E-state index is -0.562. The zero-order chi connectivity index (χ0) is 21.0. The van der Waals surface area contributed by atoms with Gasteiger partial charge in [-0.2, -0.15) is 0 Å². The lowest BCUT2D eigenvalue weighted by Gasteiger charge is -2.32. The Kier molecular flexibility index (Phi) is 6.11. The number of hydrogen-bond acceptors (Lipinski definition) is 4. The molecule has 0 fully saturated rings. The van der Waals surface area contributed by atoms with E-state index < -0.39 is 5.60 Å². The Morgan fingerprint density at radius 2 is 1.90 bits per heavy atom. The van der Waals surface area contributed by atoms with Gasteiger partial charge in [0.2, 0.25) is 0 Å². The van der Waals surface area contributed by atoms with Crippen molar-refractivity contribution in [2.75, 3.05) is 23.4 Å². The van der Waals surface area contributed by atoms with E-state index in [1.807, 2.05) is 70.2 Å². The second-order valence-electron chi connectivity index (χ2n) is 8.18. The highest BCUT2D eigenvalue weighted by Crippen LogP contribution is 2.31. The quantitative estimate of drug-likeness (QED) is 0.813. The van der Waals surface area contributed by atoms with Gasteiger partial charge >= 0.3 is 6.09 Å². The molecule has 3 rings (SSSR count). The first-order valence-corrected chi connectivity index (χ1v) is 9.85. The average molecular weight is 396 g/mol. The molecule has 1 heterocycles. The van der Waals surface area contributed by atoms with E-state index in [1.165, 1.54) is 0 Å². The Hall–Kier alpha value is -3.02. The third kappa shape index (κ3) is 5.50. The fourth-order valence-corrected chi connectivity index (χ4v) is 3.22. The maximum Gasteiger partial charge on any atom is 0.414 e. The van der Waals surface area contributed by atoms with Gasteiger partial charge in [-0.25, -0.2) is 4.79 Å². The highest BCUT2D eigenvalue weighted by molar-refractivity contribution is 5.94. The van der Waals surface area contributed by atoms with E-state index in [0.717, 1.165) is 29.7 Å². The molecule has 2 amide bonds. The summed E-state index contributed by atoms with van der Waals surface area (Å²) in [5.41, 5.74) is 2.88. The van der Waals surface area contributed by atoms with E-state index in [-0.39, 0.29) is 18.6 Å². The van der Waals surface area contributed by atoms with Gasteiger partial charge in [-0.15, -0.1) is 0 Å². The van der Waals surface area contributed by atoms with Gasteiger partial charge in [-0.05, 0) is 69.9 Å². The summed E-state index contributed by atoms with van der Waals surface area (Å²) in [5.74, 6) is 0.428. The highest BCUT2D eigenvalue weighted by Gasteiger charge is 2.27. The minimum Gasteiger partial charge on any atom is -0.483 e. The number of nitrogens with one attached hydrogen (secondary N) is 1. The van der Waals surface area contributed by atoms with Crippen LogP contribution in [0.3, 0.4) is 0 Å². The van der Waals surface area contributed by atoms with E-state index in [2.05, 4.69) is 5.32 Å². The molecule has 0 unspecified atom stereocenters. The van der Waals surface area contributed by atoms with Crippen LogP contribution in [0.25, 0.3) is 0 Å². The molecule has 154 valence electrons. The number of amides is 2. The molecule has 1 aliphatic heterocycles. The molecule has 2 aromatic carbocycles. The van der Waals surface area contributed by atoms with Crippen LogP contribution in [0.15, 0.2) is 42.5 Å². The van der Waals surface area contributed by atoms with Crippen molar-refractivity contribution in [3.05, 3.63) is 53.6 Å². The zero-order valence-corrected chi connectivity index (χ0v) is 17.5. The zero-order valence-electron chi connectivity index (χ0n) is 17.5. The molecule has 0 spiro atoms. The van der Waals surface area contributed by atoms with Gasteiger partial charge < -0.3 is 14.8 Å². The summed E-state index contributed by atoms with van der Waals surface area (Å²) < 4.78 is 11.1. The van der Waals surface area contributed by atoms with Gasteiger partial charge in [0.05, 0.1) is 5.69 Å². The van der Waals surface area contributed by atoms with Crippen molar-refractivity contribution in [3.8, 4) is 5.75 Å². The number of aryl methyl sites for hydroxylation is 2. The first kappa shape index (κ1) is 20.7. The van der Waals surface area contributed by atoms with Crippen LogP contribution in [0.5, 0.6) is 5.75 Å². The van der Waals surface area contributed by atoms with Crippen molar-refractivity contribution < 1.29 is 19.1 Å². The van der Waals surface area contributed by atoms with E-state index in [0.29, 0.717) is 18.0 Å². The molecule has 1 aliphatic rings. The van der Waals surface area contributed by atoms with Crippen LogP contribution >= 0.6 is 0 Å². The second kappa shape index (κ2) is 8.55. The monoisotopic (exact) mass is 396 g/mol. The molecule has 0 saturated carbocycles. The van der Waals surface area contributed by atoms with Gasteiger partial charge in [0, 0.05) is 12.2 Å². The molecule has 0 atom stereocenters. The molecule has 29 heavy (non-hydrogen) atoms. The summed E-state index contributed by atoms with van der Waals surface area (Å²) >= 11 is 0. The second-order valence-corrected chi connectivity index (χ2v) is 8.18. The number of benzene rings is 2. The molecule has 6 heteroatoms. The van der Waals surface area contributed by atoms with Gasteiger partial charge in [0.1, 0.15) is 11.4 Å². The molecule has 0 aliphatic carbocycles. The smallest absolute Gasteiger partial charge is 0.414 e. The SMILES string of the molecule is Cc1ccccc1OCC(=O)Nc1ccc2c(c1)N(C(=O)OC(C)(C)C)CCC2. The van der Waals surface area contributed by atoms with Crippen molar-refractivity contribution in [2.45, 2.75) is 46.1 Å². The van der Waals surface area contributed by atoms with Crippen molar-refractivity contribution >= 4 is 23.4 Å². The van der Waals surface area contributed by atoms with Crippen LogP contribution in [0.2, 0.25) is 0 Å². The van der Waals surface area contributed by atoms with Crippen LogP contribution in [-0.4, -0.2) is 30.8 Å². The predicted octanol–water partition coefficient (Wildman–Crippen LogP) is 4.70. The summed E-state index contributed by atoms with van der Waals surface area (Å²) in [6.07, 6.45) is 1.39. The molecule has 0 saturated heterocycles. The highest BCUT2D eigenvalue weighted by atomic mass is 16.6. The lowest BCUT2D eigenvalue weighted by atomic mass is 10.0. The summed E-state index contributed by atoms with van der Waals surface area (Å²) in [7, 11) is 0. The van der Waals surface area contributed by atoms with Crippen molar-refractivity contribution in [1.82, 2.24) is 0 Å². The molecule has 0 radical (unpaired) electrons. The molecule has 0 aromatic heterocycles. The summed E-state index contributed by atoms with van der Waals surface area (Å²) in [6.45, 7) is 7.98. The number of ether oxygens (including phenoxy) is 2. The third-order valence-electron chi connectivity index (χ3n) is 4.55. The van der Waals surface area contributed by atoms with Crippen LogP contribution in [-0.2, 0) is 16.0 Å². The van der Waals surface area contributed by atoms with Crippen molar-refractivity contribution in [1.29, 1.82) is 0 Å². The number of carbonyl (C=O) groups excluding carboxylic acids is 2. The van der Waals surface area contributed by atoms with E-state index in [9.17, 15) is 9.59 Å². The molecule has 0 bridgehead atoms. The number of hydrogen-bond donors (Lipinski definition) is 1. The Labute approximate surface area is 171 Å². The normalized spacial score (nSPS) is 13.4. The first-order chi connectivity index (χ1) is 13.7. The van der Waals surface area contributed by atoms with Gasteiger partial charge in [0.25, 0.3) is 5.91 Å². The molecule has 1 N–H and O–H groups in total. The predicted molar refractivity (Wildman–Crippen MR) is 114 cm³/mol. The minimum absolute atomic E-state index is 0.0856. The lowest BCUT2D eigenvalue weighted by Crippen LogP contribution is -2.39. The molecular weight excluding hydrogens is 368 g/mol. The maximum atomic E-state index is 12.6. The molecule has 6 nitrogen and oxygen atoms in total. The Balaban J connectivity index is 1.68. The number of anilines is 2. The Morgan fingerprint density at radius 3 is 2.62 bits per heavy atom.